The summed E-state index contributed by atoms with van der Waals surface area (Å²) in [5, 5.41) is 5.63. The quantitative estimate of drug-likeness (QED) is 0.606. The molecule has 0 heterocycles. The van der Waals surface area contributed by atoms with Crippen LogP contribution in [0.2, 0.25) is 0 Å². The second-order valence-corrected chi connectivity index (χ2v) is 6.88. The van der Waals surface area contributed by atoms with E-state index in [9.17, 15) is 9.59 Å². The summed E-state index contributed by atoms with van der Waals surface area (Å²) in [5.74, 6) is 0.746. The van der Waals surface area contributed by atoms with Gasteiger partial charge in [-0.3, -0.25) is 9.59 Å². The van der Waals surface area contributed by atoms with Crippen LogP contribution in [0.15, 0.2) is 18.2 Å². The molecule has 1 aromatic rings. The number of benzene rings is 1. The molecule has 146 valence electrons. The van der Waals surface area contributed by atoms with E-state index in [0.29, 0.717) is 31.0 Å². The number of nitrogens with zero attached hydrogens (tertiary/aromatic N) is 1. The maximum absolute atomic E-state index is 12.4. The highest BCUT2D eigenvalue weighted by Gasteiger charge is 2.35. The zero-order chi connectivity index (χ0) is 19.7. The summed E-state index contributed by atoms with van der Waals surface area (Å²) in [5.41, 5.74) is -0.111. The van der Waals surface area contributed by atoms with Gasteiger partial charge < -0.3 is 25.0 Å². The van der Waals surface area contributed by atoms with Gasteiger partial charge in [0.25, 0.3) is 0 Å². The number of rotatable bonds is 10. The van der Waals surface area contributed by atoms with Crippen molar-refractivity contribution in [3.05, 3.63) is 23.8 Å². The van der Waals surface area contributed by atoms with Crippen molar-refractivity contribution in [2.45, 2.75) is 20.3 Å². The zero-order valence-corrected chi connectivity index (χ0v) is 16.6. The summed E-state index contributed by atoms with van der Waals surface area (Å²) in [6, 6.07) is 5.63. The van der Waals surface area contributed by atoms with E-state index >= 15 is 0 Å². The fourth-order valence-electron chi connectivity index (χ4n) is 2.29. The standard InChI is InChI=1S/C19H31N3O4/c1-19(2,18(24)21-11-12-22(3)4)17(23)20-10-9-14-7-8-15(25-5)16(13-14)26-6/h7-8,13H,9-12H2,1-6H3,(H,20,23)(H,21,24). The van der Waals surface area contributed by atoms with Gasteiger partial charge in [0.2, 0.25) is 11.8 Å². The van der Waals surface area contributed by atoms with Gasteiger partial charge in [-0.1, -0.05) is 6.07 Å². The van der Waals surface area contributed by atoms with Crippen LogP contribution in [0.25, 0.3) is 0 Å². The van der Waals surface area contributed by atoms with E-state index in [1.807, 2.05) is 37.2 Å². The third-order valence-electron chi connectivity index (χ3n) is 4.13. The van der Waals surface area contributed by atoms with Gasteiger partial charge >= 0.3 is 0 Å². The van der Waals surface area contributed by atoms with E-state index in [1.165, 1.54) is 0 Å². The summed E-state index contributed by atoms with van der Waals surface area (Å²) in [7, 11) is 7.03. The second-order valence-electron chi connectivity index (χ2n) is 6.88. The molecule has 0 atom stereocenters. The summed E-state index contributed by atoms with van der Waals surface area (Å²) in [6.07, 6.45) is 0.629. The molecule has 7 heteroatoms. The van der Waals surface area contributed by atoms with Crippen molar-refractivity contribution in [1.29, 1.82) is 0 Å². The van der Waals surface area contributed by atoms with Gasteiger partial charge in [0.1, 0.15) is 5.41 Å². The molecule has 7 nitrogen and oxygen atoms in total. The maximum Gasteiger partial charge on any atom is 0.235 e. The van der Waals surface area contributed by atoms with Gasteiger partial charge in [-0.15, -0.1) is 0 Å². The van der Waals surface area contributed by atoms with Crippen LogP contribution in [0.3, 0.4) is 0 Å². The SMILES string of the molecule is COc1ccc(CCNC(=O)C(C)(C)C(=O)NCCN(C)C)cc1OC. The third kappa shape index (κ3) is 6.22. The van der Waals surface area contributed by atoms with Gasteiger partial charge in [-0.05, 0) is 52.1 Å². The molecule has 0 saturated carbocycles. The highest BCUT2D eigenvalue weighted by atomic mass is 16.5. The Hall–Kier alpha value is -2.28. The minimum atomic E-state index is -1.12. The Bertz CT molecular complexity index is 615. The van der Waals surface area contributed by atoms with Gasteiger partial charge in [0.05, 0.1) is 14.2 Å². The molecule has 0 aliphatic carbocycles. The number of hydrogen-bond acceptors (Lipinski definition) is 5. The molecule has 0 bridgehead atoms. The van der Waals surface area contributed by atoms with Gasteiger partial charge in [0.15, 0.2) is 11.5 Å². The number of carbonyl (C=O) groups is 2. The molecule has 0 unspecified atom stereocenters. The molecule has 0 aliphatic heterocycles. The number of hydrogen-bond donors (Lipinski definition) is 2. The van der Waals surface area contributed by atoms with Crippen LogP contribution in [-0.2, 0) is 16.0 Å². The number of ether oxygens (including phenoxy) is 2. The fraction of sp³-hybridized carbons (Fsp3) is 0.579. The lowest BCUT2D eigenvalue weighted by molar-refractivity contribution is -0.141. The number of likely N-dealkylation sites (N-methyl/N-ethyl adjacent to an activating group) is 1. The van der Waals surface area contributed by atoms with Crippen LogP contribution in [0, 0.1) is 5.41 Å². The van der Waals surface area contributed by atoms with Crippen molar-refractivity contribution < 1.29 is 19.1 Å². The summed E-state index contributed by atoms with van der Waals surface area (Å²) >= 11 is 0. The van der Waals surface area contributed by atoms with Crippen LogP contribution < -0.4 is 20.1 Å². The Morgan fingerprint density at radius 1 is 1.00 bits per heavy atom. The minimum absolute atomic E-state index is 0.275. The lowest BCUT2D eigenvalue weighted by Gasteiger charge is -2.23. The number of carbonyl (C=O) groups excluding carboxylic acids is 2. The van der Waals surface area contributed by atoms with Gasteiger partial charge in [0, 0.05) is 19.6 Å². The predicted molar refractivity (Wildman–Crippen MR) is 102 cm³/mol. The van der Waals surface area contributed by atoms with E-state index < -0.39 is 5.41 Å². The van der Waals surface area contributed by atoms with Crippen LogP contribution in [0.5, 0.6) is 11.5 Å². The van der Waals surface area contributed by atoms with E-state index in [0.717, 1.165) is 12.1 Å². The smallest absolute Gasteiger partial charge is 0.235 e. The van der Waals surface area contributed by atoms with E-state index in [-0.39, 0.29) is 11.8 Å². The van der Waals surface area contributed by atoms with E-state index in [4.69, 9.17) is 9.47 Å². The first-order valence-corrected chi connectivity index (χ1v) is 8.64. The normalized spacial score (nSPS) is 11.2. The number of nitrogens with one attached hydrogen (secondary N) is 2. The Kier molecular flexibility index (Phi) is 8.38. The van der Waals surface area contributed by atoms with Crippen molar-refractivity contribution in [3.63, 3.8) is 0 Å². The molecule has 1 rings (SSSR count). The number of amides is 2. The fourth-order valence-corrected chi connectivity index (χ4v) is 2.29. The largest absolute Gasteiger partial charge is 0.493 e. The maximum atomic E-state index is 12.4. The summed E-state index contributed by atoms with van der Waals surface area (Å²) < 4.78 is 10.5. The lowest BCUT2D eigenvalue weighted by Crippen LogP contribution is -2.49. The first-order chi connectivity index (χ1) is 12.2. The van der Waals surface area contributed by atoms with E-state index in [1.54, 1.807) is 28.1 Å². The summed E-state index contributed by atoms with van der Waals surface area (Å²) in [6.45, 7) is 4.92. The molecule has 0 fully saturated rings. The predicted octanol–water partition coefficient (Wildman–Crippen LogP) is 1.07. The molecule has 1 aromatic carbocycles. The molecule has 26 heavy (non-hydrogen) atoms. The molecular weight excluding hydrogens is 334 g/mol. The molecule has 0 aliphatic rings. The van der Waals surface area contributed by atoms with E-state index in [2.05, 4.69) is 10.6 Å². The third-order valence-corrected chi connectivity index (χ3v) is 4.13. The summed E-state index contributed by atoms with van der Waals surface area (Å²) in [4.78, 5) is 26.6. The highest BCUT2D eigenvalue weighted by Crippen LogP contribution is 2.27. The molecule has 2 amide bonds. The van der Waals surface area contributed by atoms with Crippen molar-refractivity contribution in [3.8, 4) is 11.5 Å². The number of methoxy groups -OCH3 is 2. The highest BCUT2D eigenvalue weighted by molar-refractivity contribution is 6.04. The van der Waals surface area contributed by atoms with Crippen LogP contribution in [-0.4, -0.2) is 64.7 Å². The monoisotopic (exact) mass is 365 g/mol. The van der Waals surface area contributed by atoms with Crippen LogP contribution in [0.4, 0.5) is 0 Å². The second kappa shape index (κ2) is 10.0. The van der Waals surface area contributed by atoms with Gasteiger partial charge in [-0.2, -0.15) is 0 Å². The van der Waals surface area contributed by atoms with Crippen molar-refractivity contribution in [2.24, 2.45) is 5.41 Å². The first kappa shape index (κ1) is 21.8. The Morgan fingerprint density at radius 3 is 2.12 bits per heavy atom. The zero-order valence-electron chi connectivity index (χ0n) is 16.6. The lowest BCUT2D eigenvalue weighted by atomic mass is 9.91. The van der Waals surface area contributed by atoms with Crippen molar-refractivity contribution >= 4 is 11.8 Å². The Morgan fingerprint density at radius 2 is 1.58 bits per heavy atom. The average molecular weight is 365 g/mol. The average Bonchev–Trinajstić information content (AvgIpc) is 2.60. The molecule has 0 saturated heterocycles. The Labute approximate surface area is 156 Å². The van der Waals surface area contributed by atoms with Crippen molar-refractivity contribution in [2.75, 3.05) is 47.9 Å². The minimum Gasteiger partial charge on any atom is -0.493 e. The molecule has 0 aromatic heterocycles. The molecule has 0 radical (unpaired) electrons. The van der Waals surface area contributed by atoms with Crippen molar-refractivity contribution in [1.82, 2.24) is 15.5 Å². The van der Waals surface area contributed by atoms with Crippen LogP contribution in [0.1, 0.15) is 19.4 Å². The topological polar surface area (TPSA) is 79.9 Å². The van der Waals surface area contributed by atoms with Gasteiger partial charge in [-0.25, -0.2) is 0 Å². The molecule has 2 N–H and O–H groups in total. The molecular formula is C19H31N3O4. The van der Waals surface area contributed by atoms with Crippen LogP contribution >= 0.6 is 0 Å². The molecule has 0 spiro atoms. The Balaban J connectivity index is 2.53. The first-order valence-electron chi connectivity index (χ1n) is 8.64.